The van der Waals surface area contributed by atoms with Gasteiger partial charge in [-0.1, -0.05) is 60.7 Å². The van der Waals surface area contributed by atoms with E-state index < -0.39 is 6.10 Å². The van der Waals surface area contributed by atoms with E-state index in [0.717, 1.165) is 16.8 Å². The van der Waals surface area contributed by atoms with Crippen molar-refractivity contribution in [1.29, 1.82) is 0 Å². The maximum atomic E-state index is 12.1. The maximum Gasteiger partial charge on any atom is 0.251 e. The van der Waals surface area contributed by atoms with Crippen LogP contribution in [0.1, 0.15) is 28.4 Å². The van der Waals surface area contributed by atoms with Crippen LogP contribution in [0.5, 0.6) is 0 Å². The molecule has 0 unspecified atom stereocenters. The number of aliphatic hydroxyl groups is 1. The highest BCUT2D eigenvalue weighted by Crippen LogP contribution is 2.20. The normalized spacial score (nSPS) is 12.3. The molecule has 148 valence electrons. The zero-order chi connectivity index (χ0) is 20.5. The van der Waals surface area contributed by atoms with E-state index in [0.29, 0.717) is 12.1 Å². The summed E-state index contributed by atoms with van der Waals surface area (Å²) in [5.41, 5.74) is 5.00. The van der Waals surface area contributed by atoms with Crippen LogP contribution < -0.4 is 10.6 Å². The Hall–Kier alpha value is -3.37. The number of aliphatic hydroxyl groups excluding tert-OH is 1. The van der Waals surface area contributed by atoms with Crippen LogP contribution in [-0.2, 0) is 0 Å². The number of benzene rings is 3. The predicted octanol–water partition coefficient (Wildman–Crippen LogP) is 4.45. The standard InChI is InChI=1S/C25H26N2O2/c1-19(28)17-27-25(29)22-12-14-24(15-13-22)26-18-23(21-10-6-3-7-11-21)16-20-8-4-2-5-9-20/h2-16,19,26,28H,17-18H2,1H3,(H,27,29)/b23-16-/t19-/m0/s1. The van der Waals surface area contributed by atoms with Crippen molar-refractivity contribution in [3.05, 3.63) is 102 Å². The van der Waals surface area contributed by atoms with Crippen molar-refractivity contribution in [2.45, 2.75) is 13.0 Å². The van der Waals surface area contributed by atoms with Gasteiger partial charge in [0.2, 0.25) is 0 Å². The summed E-state index contributed by atoms with van der Waals surface area (Å²) in [5, 5.41) is 15.4. The van der Waals surface area contributed by atoms with Gasteiger partial charge in [-0.05, 0) is 54.0 Å². The zero-order valence-corrected chi connectivity index (χ0v) is 16.5. The van der Waals surface area contributed by atoms with Crippen LogP contribution in [0, 0.1) is 0 Å². The van der Waals surface area contributed by atoms with Crippen LogP contribution in [0.4, 0.5) is 5.69 Å². The predicted molar refractivity (Wildman–Crippen MR) is 120 cm³/mol. The lowest BCUT2D eigenvalue weighted by Crippen LogP contribution is -2.30. The monoisotopic (exact) mass is 386 g/mol. The minimum atomic E-state index is -0.562. The van der Waals surface area contributed by atoms with Gasteiger partial charge in [0.15, 0.2) is 0 Å². The molecule has 3 aromatic carbocycles. The molecule has 0 radical (unpaired) electrons. The maximum absolute atomic E-state index is 12.1. The van der Waals surface area contributed by atoms with Crippen molar-refractivity contribution >= 4 is 23.2 Å². The molecule has 0 aromatic heterocycles. The second-order valence-electron chi connectivity index (χ2n) is 6.94. The van der Waals surface area contributed by atoms with Gasteiger partial charge in [-0.3, -0.25) is 4.79 Å². The molecular weight excluding hydrogens is 360 g/mol. The third-order valence-corrected chi connectivity index (χ3v) is 4.47. The molecule has 29 heavy (non-hydrogen) atoms. The Morgan fingerprint density at radius 1 is 0.897 bits per heavy atom. The molecule has 0 spiro atoms. The fourth-order valence-electron chi connectivity index (χ4n) is 2.92. The molecule has 3 N–H and O–H groups in total. The molecule has 0 saturated heterocycles. The Bertz CT molecular complexity index is 934. The quantitative estimate of drug-likeness (QED) is 0.501. The Kier molecular flexibility index (Phi) is 7.20. The molecule has 4 heteroatoms. The highest BCUT2D eigenvalue weighted by Gasteiger charge is 2.07. The third kappa shape index (κ3) is 6.33. The Balaban J connectivity index is 1.70. The summed E-state index contributed by atoms with van der Waals surface area (Å²) in [6, 6.07) is 27.9. The van der Waals surface area contributed by atoms with Gasteiger partial charge >= 0.3 is 0 Å². The Morgan fingerprint density at radius 2 is 1.52 bits per heavy atom. The van der Waals surface area contributed by atoms with E-state index in [1.807, 2.05) is 48.5 Å². The molecule has 4 nitrogen and oxygen atoms in total. The summed E-state index contributed by atoms with van der Waals surface area (Å²) in [6.45, 7) is 2.54. The molecule has 0 saturated carbocycles. The van der Waals surface area contributed by atoms with Crippen LogP contribution in [0.2, 0.25) is 0 Å². The lowest BCUT2D eigenvalue weighted by Gasteiger charge is -2.12. The minimum Gasteiger partial charge on any atom is -0.392 e. The van der Waals surface area contributed by atoms with Crippen molar-refractivity contribution in [3.8, 4) is 0 Å². The lowest BCUT2D eigenvalue weighted by atomic mass is 10.0. The molecule has 0 aliphatic carbocycles. The fourth-order valence-corrected chi connectivity index (χ4v) is 2.92. The van der Waals surface area contributed by atoms with E-state index in [1.165, 1.54) is 5.57 Å². The van der Waals surface area contributed by atoms with E-state index in [4.69, 9.17) is 0 Å². The van der Waals surface area contributed by atoms with E-state index in [-0.39, 0.29) is 12.5 Å². The zero-order valence-electron chi connectivity index (χ0n) is 16.5. The van der Waals surface area contributed by atoms with E-state index in [2.05, 4.69) is 41.0 Å². The van der Waals surface area contributed by atoms with E-state index in [9.17, 15) is 9.90 Å². The minimum absolute atomic E-state index is 0.189. The van der Waals surface area contributed by atoms with Gasteiger partial charge in [-0.2, -0.15) is 0 Å². The summed E-state index contributed by atoms with van der Waals surface area (Å²) in [6.07, 6.45) is 1.62. The first-order valence-corrected chi connectivity index (χ1v) is 9.73. The van der Waals surface area contributed by atoms with Crippen molar-refractivity contribution < 1.29 is 9.90 Å². The molecule has 3 rings (SSSR count). The van der Waals surface area contributed by atoms with Crippen molar-refractivity contribution in [1.82, 2.24) is 5.32 Å². The second-order valence-corrected chi connectivity index (χ2v) is 6.94. The molecule has 1 atom stereocenters. The molecular formula is C25H26N2O2. The van der Waals surface area contributed by atoms with Gasteiger partial charge in [0.25, 0.3) is 5.91 Å². The van der Waals surface area contributed by atoms with Crippen LogP contribution >= 0.6 is 0 Å². The highest BCUT2D eigenvalue weighted by atomic mass is 16.3. The van der Waals surface area contributed by atoms with Crippen molar-refractivity contribution in [2.24, 2.45) is 0 Å². The second kappa shape index (κ2) is 10.2. The molecule has 0 bridgehead atoms. The van der Waals surface area contributed by atoms with Gasteiger partial charge in [-0.25, -0.2) is 0 Å². The van der Waals surface area contributed by atoms with E-state index in [1.54, 1.807) is 19.1 Å². The van der Waals surface area contributed by atoms with Gasteiger partial charge in [0.1, 0.15) is 0 Å². The average Bonchev–Trinajstić information content (AvgIpc) is 2.76. The molecule has 0 aliphatic rings. The first kappa shape index (κ1) is 20.4. The first-order valence-electron chi connectivity index (χ1n) is 9.73. The van der Waals surface area contributed by atoms with Crippen LogP contribution in [0.3, 0.4) is 0 Å². The first-order chi connectivity index (χ1) is 14.1. The van der Waals surface area contributed by atoms with Crippen LogP contribution in [-0.4, -0.2) is 30.2 Å². The number of carbonyl (C=O) groups excluding carboxylic acids is 1. The third-order valence-electron chi connectivity index (χ3n) is 4.47. The number of anilines is 1. The SMILES string of the molecule is C[C@H](O)CNC(=O)c1ccc(NC/C(=C/c2ccccc2)c2ccccc2)cc1. The van der Waals surface area contributed by atoms with Crippen molar-refractivity contribution in [2.75, 3.05) is 18.4 Å². The van der Waals surface area contributed by atoms with Gasteiger partial charge < -0.3 is 15.7 Å². The largest absolute Gasteiger partial charge is 0.392 e. The Morgan fingerprint density at radius 3 is 2.14 bits per heavy atom. The topological polar surface area (TPSA) is 61.4 Å². The fraction of sp³-hybridized carbons (Fsp3) is 0.160. The summed E-state index contributed by atoms with van der Waals surface area (Å²) in [4.78, 5) is 12.1. The van der Waals surface area contributed by atoms with Gasteiger partial charge in [0.05, 0.1) is 6.10 Å². The van der Waals surface area contributed by atoms with Gasteiger partial charge in [0, 0.05) is 24.3 Å². The Labute approximate surface area is 171 Å². The van der Waals surface area contributed by atoms with Gasteiger partial charge in [-0.15, -0.1) is 0 Å². The summed E-state index contributed by atoms with van der Waals surface area (Å²) in [5.74, 6) is -0.189. The summed E-state index contributed by atoms with van der Waals surface area (Å²) >= 11 is 0. The molecule has 0 aliphatic heterocycles. The number of hydrogen-bond donors (Lipinski definition) is 3. The molecule has 3 aromatic rings. The molecule has 0 heterocycles. The number of rotatable bonds is 8. The lowest BCUT2D eigenvalue weighted by molar-refractivity contribution is 0.0924. The number of carbonyl (C=O) groups is 1. The molecule has 0 fully saturated rings. The molecule has 1 amide bonds. The number of hydrogen-bond acceptors (Lipinski definition) is 3. The summed E-state index contributed by atoms with van der Waals surface area (Å²) in [7, 11) is 0. The number of amides is 1. The average molecular weight is 386 g/mol. The number of nitrogens with one attached hydrogen (secondary N) is 2. The van der Waals surface area contributed by atoms with E-state index >= 15 is 0 Å². The smallest absolute Gasteiger partial charge is 0.251 e. The van der Waals surface area contributed by atoms with Crippen molar-refractivity contribution in [3.63, 3.8) is 0 Å². The van der Waals surface area contributed by atoms with Crippen LogP contribution in [0.15, 0.2) is 84.9 Å². The summed E-state index contributed by atoms with van der Waals surface area (Å²) < 4.78 is 0. The van der Waals surface area contributed by atoms with Crippen LogP contribution in [0.25, 0.3) is 11.6 Å². The highest BCUT2D eigenvalue weighted by molar-refractivity contribution is 5.94.